The van der Waals surface area contributed by atoms with Crippen LogP contribution in [0.1, 0.15) is 38.7 Å². The standard InChI is InChI=1S/C17H27FN2/c1-17(2,20-10-5-4-6-11-20)16(19-3)13-14-8-7-9-15(18)12-14/h7-9,12,16,19H,4-6,10-11,13H2,1-3H3. The summed E-state index contributed by atoms with van der Waals surface area (Å²) in [6.45, 7) is 6.96. The molecule has 1 saturated heterocycles. The Balaban J connectivity index is 2.09. The van der Waals surface area contributed by atoms with Crippen LogP contribution in [0.25, 0.3) is 0 Å². The molecule has 2 rings (SSSR count). The summed E-state index contributed by atoms with van der Waals surface area (Å²) in [5, 5.41) is 3.44. The predicted octanol–water partition coefficient (Wildman–Crippen LogP) is 3.22. The normalized spacial score (nSPS) is 19.0. The van der Waals surface area contributed by atoms with E-state index in [0.29, 0.717) is 6.04 Å². The highest BCUT2D eigenvalue weighted by Gasteiger charge is 2.35. The average molecular weight is 278 g/mol. The number of nitrogens with zero attached hydrogens (tertiary/aromatic N) is 1. The van der Waals surface area contributed by atoms with Gasteiger partial charge < -0.3 is 5.32 Å². The molecule has 1 aromatic carbocycles. The number of hydrogen-bond donors (Lipinski definition) is 1. The van der Waals surface area contributed by atoms with Crippen LogP contribution < -0.4 is 5.32 Å². The third kappa shape index (κ3) is 3.58. The topological polar surface area (TPSA) is 15.3 Å². The fourth-order valence-corrected chi connectivity index (χ4v) is 3.30. The van der Waals surface area contributed by atoms with E-state index in [4.69, 9.17) is 0 Å². The molecule has 1 atom stereocenters. The number of benzene rings is 1. The molecule has 1 heterocycles. The van der Waals surface area contributed by atoms with Crippen molar-refractivity contribution in [1.82, 2.24) is 10.2 Å². The van der Waals surface area contributed by atoms with Crippen LogP contribution in [-0.4, -0.2) is 36.6 Å². The van der Waals surface area contributed by atoms with Gasteiger partial charge in [-0.05, 0) is 70.9 Å². The van der Waals surface area contributed by atoms with Gasteiger partial charge in [-0.25, -0.2) is 4.39 Å². The maximum Gasteiger partial charge on any atom is 0.123 e. The zero-order valence-electron chi connectivity index (χ0n) is 13.0. The van der Waals surface area contributed by atoms with Crippen LogP contribution >= 0.6 is 0 Å². The Morgan fingerprint density at radius 3 is 2.55 bits per heavy atom. The van der Waals surface area contributed by atoms with Gasteiger partial charge in [-0.1, -0.05) is 18.6 Å². The van der Waals surface area contributed by atoms with Crippen molar-refractivity contribution in [1.29, 1.82) is 0 Å². The molecule has 0 bridgehead atoms. The zero-order chi connectivity index (χ0) is 14.6. The Morgan fingerprint density at radius 2 is 1.95 bits per heavy atom. The van der Waals surface area contributed by atoms with Crippen molar-refractivity contribution >= 4 is 0 Å². The fraction of sp³-hybridized carbons (Fsp3) is 0.647. The Bertz CT molecular complexity index is 425. The van der Waals surface area contributed by atoms with E-state index in [2.05, 4.69) is 24.1 Å². The maximum absolute atomic E-state index is 13.3. The molecule has 1 N–H and O–H groups in total. The van der Waals surface area contributed by atoms with E-state index < -0.39 is 0 Å². The van der Waals surface area contributed by atoms with E-state index in [1.807, 2.05) is 13.1 Å². The summed E-state index contributed by atoms with van der Waals surface area (Å²) in [4.78, 5) is 2.58. The number of hydrogen-bond acceptors (Lipinski definition) is 2. The van der Waals surface area contributed by atoms with Gasteiger partial charge in [0.25, 0.3) is 0 Å². The van der Waals surface area contributed by atoms with Crippen molar-refractivity contribution in [3.63, 3.8) is 0 Å². The zero-order valence-corrected chi connectivity index (χ0v) is 13.0. The Labute approximate surface area is 122 Å². The van der Waals surface area contributed by atoms with Crippen molar-refractivity contribution in [3.05, 3.63) is 35.6 Å². The molecule has 1 aliphatic heterocycles. The van der Waals surface area contributed by atoms with Gasteiger partial charge in [0.15, 0.2) is 0 Å². The smallest absolute Gasteiger partial charge is 0.123 e. The molecule has 0 saturated carbocycles. The Morgan fingerprint density at radius 1 is 1.25 bits per heavy atom. The van der Waals surface area contributed by atoms with Gasteiger partial charge in [0.2, 0.25) is 0 Å². The van der Waals surface area contributed by atoms with E-state index >= 15 is 0 Å². The molecule has 1 unspecified atom stereocenters. The van der Waals surface area contributed by atoms with Crippen LogP contribution in [0.2, 0.25) is 0 Å². The molecule has 1 aliphatic rings. The SMILES string of the molecule is CNC(Cc1cccc(F)c1)C(C)(C)N1CCCCC1. The van der Waals surface area contributed by atoms with Crippen LogP contribution in [0.3, 0.4) is 0 Å². The molecule has 0 spiro atoms. The lowest BCUT2D eigenvalue weighted by Gasteiger charge is -2.46. The molecule has 1 aromatic rings. The van der Waals surface area contributed by atoms with E-state index in [1.54, 1.807) is 12.1 Å². The van der Waals surface area contributed by atoms with Crippen molar-refractivity contribution in [2.45, 2.75) is 51.1 Å². The molecule has 3 heteroatoms. The molecule has 112 valence electrons. The monoisotopic (exact) mass is 278 g/mol. The average Bonchev–Trinajstić information content (AvgIpc) is 2.45. The lowest BCUT2D eigenvalue weighted by molar-refractivity contribution is 0.0635. The van der Waals surface area contributed by atoms with Gasteiger partial charge >= 0.3 is 0 Å². The minimum atomic E-state index is -0.145. The fourth-order valence-electron chi connectivity index (χ4n) is 3.30. The molecule has 0 aromatic heterocycles. The first kappa shape index (κ1) is 15.5. The molecule has 2 nitrogen and oxygen atoms in total. The predicted molar refractivity (Wildman–Crippen MR) is 82.5 cm³/mol. The number of rotatable bonds is 5. The second-order valence-corrected chi connectivity index (χ2v) is 6.38. The summed E-state index contributed by atoms with van der Waals surface area (Å²) in [5.74, 6) is -0.145. The first-order valence-corrected chi connectivity index (χ1v) is 7.71. The highest BCUT2D eigenvalue weighted by molar-refractivity contribution is 5.18. The minimum Gasteiger partial charge on any atom is -0.315 e. The van der Waals surface area contributed by atoms with E-state index in [1.165, 1.54) is 38.4 Å². The number of likely N-dealkylation sites (tertiary alicyclic amines) is 1. The highest BCUT2D eigenvalue weighted by atomic mass is 19.1. The molecule has 1 fully saturated rings. The quantitative estimate of drug-likeness (QED) is 0.889. The first-order valence-electron chi connectivity index (χ1n) is 7.71. The van der Waals surface area contributed by atoms with Gasteiger partial charge in [-0.3, -0.25) is 4.90 Å². The van der Waals surface area contributed by atoms with Crippen molar-refractivity contribution in [3.8, 4) is 0 Å². The number of likely N-dealkylation sites (N-methyl/N-ethyl adjacent to an activating group) is 1. The number of nitrogens with one attached hydrogen (secondary N) is 1. The van der Waals surface area contributed by atoms with Crippen molar-refractivity contribution in [2.24, 2.45) is 0 Å². The molecule has 0 amide bonds. The highest BCUT2D eigenvalue weighted by Crippen LogP contribution is 2.25. The van der Waals surface area contributed by atoms with Crippen LogP contribution in [-0.2, 0) is 6.42 Å². The van der Waals surface area contributed by atoms with Gasteiger partial charge in [0.05, 0.1) is 0 Å². The van der Waals surface area contributed by atoms with Crippen molar-refractivity contribution < 1.29 is 4.39 Å². The van der Waals surface area contributed by atoms with Gasteiger partial charge in [-0.2, -0.15) is 0 Å². The molecule has 0 radical (unpaired) electrons. The summed E-state index contributed by atoms with van der Waals surface area (Å²) >= 11 is 0. The second-order valence-electron chi connectivity index (χ2n) is 6.38. The maximum atomic E-state index is 13.3. The first-order chi connectivity index (χ1) is 9.54. The van der Waals surface area contributed by atoms with Crippen LogP contribution in [0.5, 0.6) is 0 Å². The summed E-state index contributed by atoms with van der Waals surface area (Å²) in [7, 11) is 2.01. The second kappa shape index (κ2) is 6.68. The van der Waals surface area contributed by atoms with Crippen molar-refractivity contribution in [2.75, 3.05) is 20.1 Å². The van der Waals surface area contributed by atoms with Crippen LogP contribution in [0.15, 0.2) is 24.3 Å². The van der Waals surface area contributed by atoms with Crippen LogP contribution in [0, 0.1) is 5.82 Å². The van der Waals surface area contributed by atoms with E-state index in [9.17, 15) is 4.39 Å². The third-order valence-electron chi connectivity index (χ3n) is 4.70. The number of halogens is 1. The summed E-state index contributed by atoms with van der Waals surface area (Å²) in [6.07, 6.45) is 4.79. The largest absolute Gasteiger partial charge is 0.315 e. The van der Waals surface area contributed by atoms with Gasteiger partial charge in [-0.15, -0.1) is 0 Å². The van der Waals surface area contributed by atoms with Gasteiger partial charge in [0, 0.05) is 11.6 Å². The lowest BCUT2D eigenvalue weighted by Crippen LogP contribution is -2.59. The lowest BCUT2D eigenvalue weighted by atomic mass is 9.86. The number of piperidine rings is 1. The van der Waals surface area contributed by atoms with Gasteiger partial charge in [0.1, 0.15) is 5.82 Å². The molecule has 0 aliphatic carbocycles. The summed E-state index contributed by atoms with van der Waals surface area (Å²) in [6, 6.07) is 7.29. The molecular formula is C17H27FN2. The summed E-state index contributed by atoms with van der Waals surface area (Å²) < 4.78 is 13.3. The van der Waals surface area contributed by atoms with E-state index in [-0.39, 0.29) is 11.4 Å². The molecular weight excluding hydrogens is 251 g/mol. The van der Waals surface area contributed by atoms with E-state index in [0.717, 1.165) is 12.0 Å². The van der Waals surface area contributed by atoms with Crippen LogP contribution in [0.4, 0.5) is 4.39 Å². The molecule has 20 heavy (non-hydrogen) atoms. The third-order valence-corrected chi connectivity index (χ3v) is 4.70. The minimum absolute atomic E-state index is 0.0848. The summed E-state index contributed by atoms with van der Waals surface area (Å²) in [5.41, 5.74) is 1.15. The Hall–Kier alpha value is -0.930. The Kier molecular flexibility index (Phi) is 5.17.